The lowest BCUT2D eigenvalue weighted by atomic mass is 10.1. The zero-order valence-corrected chi connectivity index (χ0v) is 13.8. The highest BCUT2D eigenvalue weighted by atomic mass is 32.2. The normalized spacial score (nSPS) is 20.6. The number of nitrogens with zero attached hydrogens (tertiary/aromatic N) is 1. The fourth-order valence-corrected chi connectivity index (χ4v) is 4.13. The monoisotopic (exact) mass is 328 g/mol. The molecule has 1 amide bonds. The molecule has 0 saturated carbocycles. The van der Waals surface area contributed by atoms with Gasteiger partial charge in [-0.25, -0.2) is 8.42 Å². The van der Waals surface area contributed by atoms with Crippen molar-refractivity contribution in [1.82, 2.24) is 9.62 Å². The Morgan fingerprint density at radius 2 is 2.33 bits per heavy atom. The van der Waals surface area contributed by atoms with Crippen LogP contribution in [0, 0.1) is 0 Å². The summed E-state index contributed by atoms with van der Waals surface area (Å²) in [6, 6.07) is 3.15. The van der Waals surface area contributed by atoms with E-state index in [1.54, 1.807) is 23.5 Å². The van der Waals surface area contributed by atoms with E-state index in [0.29, 0.717) is 0 Å². The smallest absolute Gasteiger partial charge is 0.242 e. The van der Waals surface area contributed by atoms with Crippen LogP contribution in [0.3, 0.4) is 0 Å². The molecule has 2 rings (SSSR count). The standard InChI is InChI=1S/C14H20N2O3S2/c1-3-6-11(13-8-5-10-20-13)15-14(17)12-7-4-9-16(12)21(2,18)19/h4-5,7-8,10-12H,3,6,9H2,1-2H3,(H,15,17). The molecule has 7 heteroatoms. The van der Waals surface area contributed by atoms with Gasteiger partial charge in [0.15, 0.2) is 0 Å². The third-order valence-electron chi connectivity index (χ3n) is 3.39. The average Bonchev–Trinajstić information content (AvgIpc) is 3.08. The van der Waals surface area contributed by atoms with E-state index in [-0.39, 0.29) is 18.5 Å². The van der Waals surface area contributed by atoms with Crippen molar-refractivity contribution in [2.24, 2.45) is 0 Å². The van der Waals surface area contributed by atoms with Gasteiger partial charge in [0.2, 0.25) is 15.9 Å². The fourth-order valence-electron chi connectivity index (χ4n) is 2.38. The highest BCUT2D eigenvalue weighted by Gasteiger charge is 2.33. The summed E-state index contributed by atoms with van der Waals surface area (Å²) < 4.78 is 24.6. The van der Waals surface area contributed by atoms with Crippen molar-refractivity contribution in [1.29, 1.82) is 0 Å². The van der Waals surface area contributed by atoms with Gasteiger partial charge < -0.3 is 5.32 Å². The molecule has 21 heavy (non-hydrogen) atoms. The molecule has 2 unspecified atom stereocenters. The molecule has 0 aliphatic carbocycles. The minimum absolute atomic E-state index is 0.0575. The summed E-state index contributed by atoms with van der Waals surface area (Å²) >= 11 is 1.60. The third kappa shape index (κ3) is 3.93. The first-order chi connectivity index (χ1) is 9.93. The van der Waals surface area contributed by atoms with Crippen LogP contribution >= 0.6 is 11.3 Å². The first-order valence-corrected chi connectivity index (χ1v) is 9.63. The van der Waals surface area contributed by atoms with Gasteiger partial charge in [0.1, 0.15) is 6.04 Å². The maximum absolute atomic E-state index is 12.4. The first-order valence-electron chi connectivity index (χ1n) is 6.90. The topological polar surface area (TPSA) is 66.5 Å². The molecule has 1 aromatic heterocycles. The number of hydrogen-bond donors (Lipinski definition) is 1. The van der Waals surface area contributed by atoms with Crippen molar-refractivity contribution in [3.05, 3.63) is 34.5 Å². The van der Waals surface area contributed by atoms with Gasteiger partial charge in [0.05, 0.1) is 12.3 Å². The summed E-state index contributed by atoms with van der Waals surface area (Å²) in [6.07, 6.45) is 6.27. The summed E-state index contributed by atoms with van der Waals surface area (Å²) in [4.78, 5) is 13.5. The zero-order valence-electron chi connectivity index (χ0n) is 12.2. The molecule has 1 aromatic rings. The Morgan fingerprint density at radius 1 is 1.57 bits per heavy atom. The van der Waals surface area contributed by atoms with Crippen LogP contribution in [0.4, 0.5) is 0 Å². The maximum atomic E-state index is 12.4. The Bertz CT molecular complexity index is 608. The average molecular weight is 328 g/mol. The van der Waals surface area contributed by atoms with Gasteiger partial charge in [-0.15, -0.1) is 11.3 Å². The van der Waals surface area contributed by atoms with Gasteiger partial charge in [-0.1, -0.05) is 31.6 Å². The lowest BCUT2D eigenvalue weighted by Crippen LogP contribution is -2.46. The van der Waals surface area contributed by atoms with E-state index < -0.39 is 16.1 Å². The van der Waals surface area contributed by atoms with Gasteiger partial charge in [0.25, 0.3) is 0 Å². The van der Waals surface area contributed by atoms with Crippen LogP contribution in [-0.2, 0) is 14.8 Å². The molecule has 2 atom stereocenters. The number of sulfonamides is 1. The van der Waals surface area contributed by atoms with Crippen LogP contribution in [0.2, 0.25) is 0 Å². The van der Waals surface area contributed by atoms with Gasteiger partial charge in [-0.3, -0.25) is 4.79 Å². The van der Waals surface area contributed by atoms with Crippen molar-refractivity contribution in [3.63, 3.8) is 0 Å². The summed E-state index contributed by atoms with van der Waals surface area (Å²) in [5.41, 5.74) is 0. The van der Waals surface area contributed by atoms with Gasteiger partial charge in [0, 0.05) is 11.4 Å². The Balaban J connectivity index is 2.10. The predicted octanol–water partition coefficient (Wildman–Crippen LogP) is 1.91. The second kappa shape index (κ2) is 6.72. The lowest BCUT2D eigenvalue weighted by molar-refractivity contribution is -0.124. The molecule has 0 bridgehead atoms. The zero-order chi connectivity index (χ0) is 15.5. The van der Waals surface area contributed by atoms with Crippen molar-refractivity contribution in [2.45, 2.75) is 31.8 Å². The van der Waals surface area contributed by atoms with Crippen LogP contribution in [-0.4, -0.2) is 37.5 Å². The van der Waals surface area contributed by atoms with Crippen molar-refractivity contribution >= 4 is 27.3 Å². The molecule has 0 radical (unpaired) electrons. The molecule has 1 aliphatic heterocycles. The van der Waals surface area contributed by atoms with E-state index in [4.69, 9.17) is 0 Å². The van der Waals surface area contributed by atoms with E-state index >= 15 is 0 Å². The van der Waals surface area contributed by atoms with E-state index in [1.165, 1.54) is 4.31 Å². The molecule has 2 heterocycles. The second-order valence-electron chi connectivity index (χ2n) is 5.07. The number of hydrogen-bond acceptors (Lipinski definition) is 4. The van der Waals surface area contributed by atoms with E-state index in [2.05, 4.69) is 12.2 Å². The highest BCUT2D eigenvalue weighted by molar-refractivity contribution is 7.88. The molecule has 1 N–H and O–H groups in total. The number of nitrogens with one attached hydrogen (secondary N) is 1. The largest absolute Gasteiger partial charge is 0.347 e. The summed E-state index contributed by atoms with van der Waals surface area (Å²) in [7, 11) is -3.39. The molecule has 0 aromatic carbocycles. The SMILES string of the molecule is CCCC(NC(=O)C1C=CCN1S(C)(=O)=O)c1cccs1. The Morgan fingerprint density at radius 3 is 2.90 bits per heavy atom. The summed E-state index contributed by atoms with van der Waals surface area (Å²) in [5, 5.41) is 4.95. The van der Waals surface area contributed by atoms with Gasteiger partial charge >= 0.3 is 0 Å². The molecule has 0 fully saturated rings. The van der Waals surface area contributed by atoms with E-state index in [1.807, 2.05) is 17.5 Å². The van der Waals surface area contributed by atoms with Crippen molar-refractivity contribution in [2.75, 3.05) is 12.8 Å². The van der Waals surface area contributed by atoms with Crippen LogP contribution in [0.1, 0.15) is 30.7 Å². The summed E-state index contributed by atoms with van der Waals surface area (Å²) in [6.45, 7) is 2.32. The number of thiophene rings is 1. The van der Waals surface area contributed by atoms with Gasteiger partial charge in [-0.05, 0) is 17.9 Å². The van der Waals surface area contributed by atoms with E-state index in [9.17, 15) is 13.2 Å². The van der Waals surface area contributed by atoms with Crippen molar-refractivity contribution < 1.29 is 13.2 Å². The number of rotatable bonds is 6. The molecular weight excluding hydrogens is 308 g/mol. The minimum Gasteiger partial charge on any atom is -0.347 e. The first kappa shape index (κ1) is 16.2. The second-order valence-corrected chi connectivity index (χ2v) is 7.99. The van der Waals surface area contributed by atoms with Crippen LogP contribution in [0.5, 0.6) is 0 Å². The molecule has 5 nitrogen and oxygen atoms in total. The quantitative estimate of drug-likeness (QED) is 0.811. The number of carbonyl (C=O) groups excluding carboxylic acids is 1. The van der Waals surface area contributed by atoms with Crippen LogP contribution in [0.15, 0.2) is 29.7 Å². The number of amides is 1. The van der Waals surface area contributed by atoms with Gasteiger partial charge in [-0.2, -0.15) is 4.31 Å². The highest BCUT2D eigenvalue weighted by Crippen LogP contribution is 2.24. The fraction of sp³-hybridized carbons (Fsp3) is 0.500. The molecule has 116 valence electrons. The molecule has 0 saturated heterocycles. The third-order valence-corrected chi connectivity index (χ3v) is 5.60. The Kier molecular flexibility index (Phi) is 5.18. The molecule has 1 aliphatic rings. The van der Waals surface area contributed by atoms with E-state index in [0.717, 1.165) is 24.0 Å². The Hall–Kier alpha value is -1.18. The van der Waals surface area contributed by atoms with Crippen molar-refractivity contribution in [3.8, 4) is 0 Å². The van der Waals surface area contributed by atoms with Crippen LogP contribution < -0.4 is 5.32 Å². The lowest BCUT2D eigenvalue weighted by Gasteiger charge is -2.24. The minimum atomic E-state index is -3.39. The summed E-state index contributed by atoms with van der Waals surface area (Å²) in [5.74, 6) is -0.263. The number of carbonyl (C=O) groups is 1. The van der Waals surface area contributed by atoms with Crippen LogP contribution in [0.25, 0.3) is 0 Å². The Labute approximate surface area is 129 Å². The molecular formula is C14H20N2O3S2. The maximum Gasteiger partial charge on any atom is 0.242 e. The predicted molar refractivity (Wildman–Crippen MR) is 84.6 cm³/mol. The molecule has 0 spiro atoms.